The summed E-state index contributed by atoms with van der Waals surface area (Å²) in [7, 11) is 0. The second kappa shape index (κ2) is 4.07. The van der Waals surface area contributed by atoms with Gasteiger partial charge in [-0.15, -0.1) is 0 Å². The molecule has 1 nitrogen and oxygen atoms in total. The lowest BCUT2D eigenvalue weighted by atomic mass is 9.99. The molecule has 1 aliphatic heterocycles. The van der Waals surface area contributed by atoms with Crippen LogP contribution in [0.2, 0.25) is 0 Å². The lowest BCUT2D eigenvalue weighted by molar-refractivity contribution is -0.612. The first-order chi connectivity index (χ1) is 5.75. The van der Waals surface area contributed by atoms with Gasteiger partial charge in [0.05, 0.1) is 6.04 Å². The average molecular weight is 202 g/mol. The number of hydrogen-bond donors (Lipinski definition) is 1. The molecule has 0 aromatic heterocycles. The third-order valence-electron chi connectivity index (χ3n) is 2.44. The van der Waals surface area contributed by atoms with E-state index in [0.29, 0.717) is 6.04 Å². The van der Waals surface area contributed by atoms with Crippen LogP contribution in [0.3, 0.4) is 0 Å². The van der Waals surface area contributed by atoms with Crippen molar-refractivity contribution in [2.24, 2.45) is 0 Å². The molecular weight excluding hydrogens is 189 g/mol. The van der Waals surface area contributed by atoms with Crippen molar-refractivity contribution in [2.75, 3.05) is 0 Å². The van der Waals surface area contributed by atoms with Crippen molar-refractivity contribution >= 4 is 5.69 Å². The maximum absolute atomic E-state index is 12.8. The molecule has 1 aliphatic rings. The first-order valence-corrected chi connectivity index (χ1v) is 4.39. The van der Waals surface area contributed by atoms with E-state index >= 15 is 0 Å². The van der Waals surface area contributed by atoms with Crippen molar-refractivity contribution in [1.29, 1.82) is 0 Å². The highest BCUT2D eigenvalue weighted by Crippen LogP contribution is 2.18. The molecular formula is C10H13ClFN. The van der Waals surface area contributed by atoms with Gasteiger partial charge in [0.2, 0.25) is 0 Å². The van der Waals surface area contributed by atoms with Crippen molar-refractivity contribution in [1.82, 2.24) is 0 Å². The largest absolute Gasteiger partial charge is 1.00 e. The molecule has 0 spiro atoms. The average Bonchev–Trinajstić information content (AvgIpc) is 2.05. The Hall–Kier alpha value is -0.600. The van der Waals surface area contributed by atoms with Gasteiger partial charge in [-0.05, 0) is 25.5 Å². The summed E-state index contributed by atoms with van der Waals surface area (Å²) in [6.45, 7) is 2.20. The van der Waals surface area contributed by atoms with Crippen molar-refractivity contribution in [3.05, 3.63) is 29.6 Å². The van der Waals surface area contributed by atoms with Crippen LogP contribution in [0.15, 0.2) is 18.2 Å². The fourth-order valence-corrected chi connectivity index (χ4v) is 1.73. The third-order valence-corrected chi connectivity index (χ3v) is 2.44. The number of benzene rings is 1. The predicted octanol–water partition coefficient (Wildman–Crippen LogP) is -1.64. The van der Waals surface area contributed by atoms with Crippen LogP contribution in [0.25, 0.3) is 0 Å². The minimum atomic E-state index is -0.114. The van der Waals surface area contributed by atoms with Gasteiger partial charge in [-0.25, -0.2) is 4.39 Å². The molecule has 2 N–H and O–H groups in total. The fourth-order valence-electron chi connectivity index (χ4n) is 1.73. The summed E-state index contributed by atoms with van der Waals surface area (Å²) in [4.78, 5) is 0. The molecule has 0 saturated carbocycles. The summed E-state index contributed by atoms with van der Waals surface area (Å²) in [5, 5.41) is 2.22. The third kappa shape index (κ3) is 2.20. The number of halogens is 2. The lowest BCUT2D eigenvalue weighted by Gasteiger charge is -2.18. The molecule has 0 bridgehead atoms. The minimum Gasteiger partial charge on any atom is -1.00 e. The van der Waals surface area contributed by atoms with Gasteiger partial charge in [0.15, 0.2) is 0 Å². The zero-order valence-corrected chi connectivity index (χ0v) is 8.31. The summed E-state index contributed by atoms with van der Waals surface area (Å²) in [5.74, 6) is -0.114. The van der Waals surface area contributed by atoms with E-state index in [9.17, 15) is 4.39 Å². The Bertz CT molecular complexity index is 301. The van der Waals surface area contributed by atoms with Crippen molar-refractivity contribution in [3.8, 4) is 0 Å². The van der Waals surface area contributed by atoms with Crippen LogP contribution in [-0.4, -0.2) is 6.04 Å². The number of quaternary nitrogens is 1. The topological polar surface area (TPSA) is 16.6 Å². The van der Waals surface area contributed by atoms with Gasteiger partial charge in [0.1, 0.15) is 11.5 Å². The van der Waals surface area contributed by atoms with Crippen LogP contribution in [0.5, 0.6) is 0 Å². The van der Waals surface area contributed by atoms with Gasteiger partial charge in [-0.2, -0.15) is 0 Å². The number of nitrogens with two attached hydrogens (primary N) is 1. The second-order valence-electron chi connectivity index (χ2n) is 3.53. The van der Waals surface area contributed by atoms with Crippen LogP contribution in [-0.2, 0) is 6.42 Å². The standard InChI is InChI=1S/C10H12FN.ClH/c1-7-2-3-8-6-9(11)4-5-10(8)12-7;/h4-7,12H,2-3H2,1H3;1H. The zero-order valence-electron chi connectivity index (χ0n) is 7.56. The van der Waals surface area contributed by atoms with Crippen LogP contribution in [0.4, 0.5) is 10.1 Å². The molecule has 0 radical (unpaired) electrons. The quantitative estimate of drug-likeness (QED) is 0.485. The summed E-state index contributed by atoms with van der Waals surface area (Å²) < 4.78 is 12.8. The molecule has 0 aliphatic carbocycles. The normalized spacial score (nSPS) is 20.3. The predicted molar refractivity (Wildman–Crippen MR) is 45.8 cm³/mol. The van der Waals surface area contributed by atoms with Crippen molar-refractivity contribution in [2.45, 2.75) is 25.8 Å². The highest BCUT2D eigenvalue weighted by molar-refractivity contribution is 5.40. The Morgan fingerprint density at radius 1 is 1.46 bits per heavy atom. The van der Waals surface area contributed by atoms with E-state index in [4.69, 9.17) is 0 Å². The summed E-state index contributed by atoms with van der Waals surface area (Å²) in [5.41, 5.74) is 2.38. The van der Waals surface area contributed by atoms with E-state index in [1.54, 1.807) is 6.07 Å². The van der Waals surface area contributed by atoms with E-state index in [1.165, 1.54) is 11.8 Å². The summed E-state index contributed by atoms with van der Waals surface area (Å²) in [6.07, 6.45) is 2.17. The van der Waals surface area contributed by atoms with Gasteiger partial charge in [-0.3, -0.25) is 0 Å². The fraction of sp³-hybridized carbons (Fsp3) is 0.400. The molecule has 0 amide bonds. The molecule has 0 saturated heterocycles. The molecule has 72 valence electrons. The second-order valence-corrected chi connectivity index (χ2v) is 3.53. The van der Waals surface area contributed by atoms with Crippen LogP contribution < -0.4 is 17.7 Å². The molecule has 0 fully saturated rings. The van der Waals surface area contributed by atoms with Gasteiger partial charge < -0.3 is 17.7 Å². The molecule has 1 heterocycles. The zero-order chi connectivity index (χ0) is 8.55. The van der Waals surface area contributed by atoms with Crippen molar-refractivity contribution in [3.63, 3.8) is 0 Å². The lowest BCUT2D eigenvalue weighted by Crippen LogP contribution is -3.00. The molecule has 13 heavy (non-hydrogen) atoms. The summed E-state index contributed by atoms with van der Waals surface area (Å²) in [6, 6.07) is 5.70. The number of aryl methyl sites for hydroxylation is 1. The first kappa shape index (κ1) is 10.5. The molecule has 3 heteroatoms. The van der Waals surface area contributed by atoms with E-state index in [0.717, 1.165) is 18.4 Å². The van der Waals surface area contributed by atoms with Gasteiger partial charge >= 0.3 is 0 Å². The monoisotopic (exact) mass is 201 g/mol. The smallest absolute Gasteiger partial charge is 0.133 e. The van der Waals surface area contributed by atoms with Gasteiger partial charge in [-0.1, -0.05) is 0 Å². The van der Waals surface area contributed by atoms with Gasteiger partial charge in [0, 0.05) is 18.1 Å². The maximum Gasteiger partial charge on any atom is 0.133 e. The highest BCUT2D eigenvalue weighted by atomic mass is 35.5. The molecule has 1 atom stereocenters. The Labute approximate surface area is 83.8 Å². The SMILES string of the molecule is CC1CCc2cc(F)ccc2[NH2+]1.[Cl-]. The van der Waals surface area contributed by atoms with Crippen LogP contribution in [0, 0.1) is 5.82 Å². The highest BCUT2D eigenvalue weighted by Gasteiger charge is 2.18. The van der Waals surface area contributed by atoms with E-state index < -0.39 is 0 Å². The maximum atomic E-state index is 12.8. The number of fused-ring (bicyclic) bond motifs is 1. The minimum absolute atomic E-state index is 0. The van der Waals surface area contributed by atoms with Gasteiger partial charge in [0.25, 0.3) is 0 Å². The molecule has 2 rings (SSSR count). The van der Waals surface area contributed by atoms with Crippen molar-refractivity contribution < 1.29 is 22.1 Å². The van der Waals surface area contributed by atoms with Crippen LogP contribution in [0.1, 0.15) is 18.9 Å². The Morgan fingerprint density at radius 2 is 2.23 bits per heavy atom. The first-order valence-electron chi connectivity index (χ1n) is 4.39. The number of rotatable bonds is 0. The Balaban J connectivity index is 0.000000845. The number of hydrogen-bond acceptors (Lipinski definition) is 0. The molecule has 1 aromatic rings. The van der Waals surface area contributed by atoms with E-state index in [1.807, 2.05) is 6.07 Å². The summed E-state index contributed by atoms with van der Waals surface area (Å²) >= 11 is 0. The Morgan fingerprint density at radius 3 is 3.00 bits per heavy atom. The van der Waals surface area contributed by atoms with E-state index in [2.05, 4.69) is 12.2 Å². The van der Waals surface area contributed by atoms with E-state index in [-0.39, 0.29) is 18.2 Å². The molecule has 1 unspecified atom stereocenters. The van der Waals surface area contributed by atoms with Crippen LogP contribution >= 0.6 is 0 Å². The Kier molecular flexibility index (Phi) is 3.28. The molecule has 1 aromatic carbocycles.